The Kier molecular flexibility index (Phi) is 5.30. The molecular formula is C17H34N2. The van der Waals surface area contributed by atoms with E-state index in [1.54, 1.807) is 0 Å². The van der Waals surface area contributed by atoms with Crippen molar-refractivity contribution in [2.24, 2.45) is 17.3 Å². The number of piperidine rings is 1. The molecule has 2 heteroatoms. The van der Waals surface area contributed by atoms with E-state index in [9.17, 15) is 0 Å². The highest BCUT2D eigenvalue weighted by Crippen LogP contribution is 2.35. The van der Waals surface area contributed by atoms with Gasteiger partial charge < -0.3 is 10.2 Å². The molecule has 0 amide bonds. The average Bonchev–Trinajstić information content (AvgIpc) is 2.39. The smallest absolute Gasteiger partial charge is 0.0118 e. The van der Waals surface area contributed by atoms with E-state index in [4.69, 9.17) is 0 Å². The fraction of sp³-hybridized carbons (Fsp3) is 1.00. The van der Waals surface area contributed by atoms with Crippen molar-refractivity contribution in [3.05, 3.63) is 0 Å². The summed E-state index contributed by atoms with van der Waals surface area (Å²) in [5.74, 6) is 1.74. The summed E-state index contributed by atoms with van der Waals surface area (Å²) in [7, 11) is 2.37. The number of nitrogens with one attached hydrogen (secondary N) is 1. The van der Waals surface area contributed by atoms with Gasteiger partial charge in [0.1, 0.15) is 0 Å². The lowest BCUT2D eigenvalue weighted by Gasteiger charge is -2.44. The van der Waals surface area contributed by atoms with Crippen molar-refractivity contribution in [1.29, 1.82) is 0 Å². The zero-order valence-electron chi connectivity index (χ0n) is 13.5. The number of rotatable bonds is 4. The summed E-state index contributed by atoms with van der Waals surface area (Å²) in [6, 6.07) is 0.824. The highest BCUT2D eigenvalue weighted by Gasteiger charge is 2.34. The van der Waals surface area contributed by atoms with Gasteiger partial charge in [0.15, 0.2) is 0 Å². The maximum absolute atomic E-state index is 3.58. The molecule has 1 aliphatic carbocycles. The molecule has 2 fully saturated rings. The molecule has 2 nitrogen and oxygen atoms in total. The molecule has 1 N–H and O–H groups in total. The largest absolute Gasteiger partial charge is 0.316 e. The van der Waals surface area contributed by atoms with Crippen LogP contribution in [0.5, 0.6) is 0 Å². The summed E-state index contributed by atoms with van der Waals surface area (Å²) >= 11 is 0. The van der Waals surface area contributed by atoms with Crippen LogP contribution in [-0.2, 0) is 0 Å². The third kappa shape index (κ3) is 3.95. The molecule has 3 atom stereocenters. The van der Waals surface area contributed by atoms with Crippen molar-refractivity contribution in [2.75, 3.05) is 26.7 Å². The molecule has 1 saturated carbocycles. The van der Waals surface area contributed by atoms with Gasteiger partial charge in [0.05, 0.1) is 0 Å². The van der Waals surface area contributed by atoms with Crippen LogP contribution in [0, 0.1) is 17.3 Å². The van der Waals surface area contributed by atoms with E-state index in [-0.39, 0.29) is 0 Å². The minimum Gasteiger partial charge on any atom is -0.316 e. The fourth-order valence-electron chi connectivity index (χ4n) is 4.36. The van der Waals surface area contributed by atoms with E-state index < -0.39 is 0 Å². The first-order valence-electron chi connectivity index (χ1n) is 8.41. The van der Waals surface area contributed by atoms with Crippen molar-refractivity contribution in [3.63, 3.8) is 0 Å². The molecule has 1 aliphatic heterocycles. The average molecular weight is 266 g/mol. The molecule has 0 aromatic heterocycles. The van der Waals surface area contributed by atoms with E-state index >= 15 is 0 Å². The Morgan fingerprint density at radius 2 is 1.84 bits per heavy atom. The van der Waals surface area contributed by atoms with Gasteiger partial charge in [-0.1, -0.05) is 33.6 Å². The number of nitrogens with zero attached hydrogens (tertiary/aromatic N) is 1. The molecule has 3 unspecified atom stereocenters. The Morgan fingerprint density at radius 3 is 2.47 bits per heavy atom. The molecule has 2 rings (SSSR count). The molecule has 0 aromatic carbocycles. The SMILES string of the molecule is CC1CCCCC1N(C)CC(C)(C)C1CCCNC1. The van der Waals surface area contributed by atoms with E-state index in [2.05, 4.69) is 38.0 Å². The van der Waals surface area contributed by atoms with Crippen LogP contribution in [-0.4, -0.2) is 37.6 Å². The second-order valence-electron chi connectivity index (χ2n) is 7.78. The van der Waals surface area contributed by atoms with Crippen molar-refractivity contribution >= 4 is 0 Å². The first-order chi connectivity index (χ1) is 9.00. The van der Waals surface area contributed by atoms with Gasteiger partial charge in [-0.25, -0.2) is 0 Å². The molecule has 0 bridgehead atoms. The quantitative estimate of drug-likeness (QED) is 0.837. The lowest BCUT2D eigenvalue weighted by molar-refractivity contribution is 0.0598. The minimum absolute atomic E-state index is 0.444. The van der Waals surface area contributed by atoms with Gasteiger partial charge in [0.2, 0.25) is 0 Å². The molecule has 1 heterocycles. The van der Waals surface area contributed by atoms with E-state index in [1.807, 2.05) is 0 Å². The van der Waals surface area contributed by atoms with Crippen LogP contribution in [0.4, 0.5) is 0 Å². The van der Waals surface area contributed by atoms with E-state index in [0.717, 1.165) is 17.9 Å². The van der Waals surface area contributed by atoms with Crippen LogP contribution < -0.4 is 5.32 Å². The molecule has 112 valence electrons. The second-order valence-corrected chi connectivity index (χ2v) is 7.78. The Balaban J connectivity index is 1.90. The van der Waals surface area contributed by atoms with Gasteiger partial charge in [-0.15, -0.1) is 0 Å². The van der Waals surface area contributed by atoms with Gasteiger partial charge in [0.25, 0.3) is 0 Å². The lowest BCUT2D eigenvalue weighted by atomic mass is 9.74. The Hall–Kier alpha value is -0.0800. The van der Waals surface area contributed by atoms with E-state index in [0.29, 0.717) is 5.41 Å². The molecule has 2 aliphatic rings. The summed E-state index contributed by atoms with van der Waals surface area (Å²) in [4.78, 5) is 2.68. The first-order valence-corrected chi connectivity index (χ1v) is 8.41. The zero-order chi connectivity index (χ0) is 13.9. The fourth-order valence-corrected chi connectivity index (χ4v) is 4.36. The molecule has 19 heavy (non-hydrogen) atoms. The predicted molar refractivity (Wildman–Crippen MR) is 83.4 cm³/mol. The van der Waals surface area contributed by atoms with E-state index in [1.165, 1.54) is 58.2 Å². The van der Waals surface area contributed by atoms with Crippen molar-refractivity contribution in [2.45, 2.75) is 65.3 Å². The first kappa shape index (κ1) is 15.3. The lowest BCUT2D eigenvalue weighted by Crippen LogP contribution is -2.48. The van der Waals surface area contributed by atoms with Crippen molar-refractivity contribution in [1.82, 2.24) is 10.2 Å². The summed E-state index contributed by atoms with van der Waals surface area (Å²) < 4.78 is 0. The van der Waals surface area contributed by atoms with Gasteiger partial charge in [-0.2, -0.15) is 0 Å². The van der Waals surface area contributed by atoms with Gasteiger partial charge >= 0.3 is 0 Å². The maximum atomic E-state index is 3.58. The van der Waals surface area contributed by atoms with Gasteiger partial charge in [0, 0.05) is 12.6 Å². The van der Waals surface area contributed by atoms with Crippen LogP contribution in [0.2, 0.25) is 0 Å². The van der Waals surface area contributed by atoms with Gasteiger partial charge in [-0.3, -0.25) is 0 Å². The topological polar surface area (TPSA) is 15.3 Å². The summed E-state index contributed by atoms with van der Waals surface area (Å²) in [5, 5.41) is 3.58. The van der Waals surface area contributed by atoms with Crippen molar-refractivity contribution < 1.29 is 0 Å². The van der Waals surface area contributed by atoms with Crippen LogP contribution in [0.3, 0.4) is 0 Å². The summed E-state index contributed by atoms with van der Waals surface area (Å²) in [5.41, 5.74) is 0.444. The Bertz CT molecular complexity index is 268. The third-order valence-electron chi connectivity index (χ3n) is 5.69. The van der Waals surface area contributed by atoms with Crippen LogP contribution >= 0.6 is 0 Å². The predicted octanol–water partition coefficient (Wildman–Crippen LogP) is 3.52. The van der Waals surface area contributed by atoms with Gasteiger partial charge in [-0.05, 0) is 63.1 Å². The highest BCUT2D eigenvalue weighted by molar-refractivity contribution is 4.88. The molecule has 1 saturated heterocycles. The molecular weight excluding hydrogens is 232 g/mol. The second kappa shape index (κ2) is 6.58. The number of hydrogen-bond donors (Lipinski definition) is 1. The number of hydrogen-bond acceptors (Lipinski definition) is 2. The van der Waals surface area contributed by atoms with Crippen LogP contribution in [0.1, 0.15) is 59.3 Å². The molecule has 0 radical (unpaired) electrons. The molecule has 0 aromatic rings. The minimum atomic E-state index is 0.444. The Labute approximate surface area is 120 Å². The summed E-state index contributed by atoms with van der Waals surface area (Å²) in [6.07, 6.45) is 8.50. The Morgan fingerprint density at radius 1 is 1.11 bits per heavy atom. The standard InChI is InChI=1S/C17H34N2/c1-14-8-5-6-10-16(14)19(4)13-17(2,3)15-9-7-11-18-12-15/h14-16,18H,5-13H2,1-4H3. The van der Waals surface area contributed by atoms with Crippen LogP contribution in [0.15, 0.2) is 0 Å². The monoisotopic (exact) mass is 266 g/mol. The molecule has 0 spiro atoms. The normalized spacial score (nSPS) is 33.6. The van der Waals surface area contributed by atoms with Crippen LogP contribution in [0.25, 0.3) is 0 Å². The third-order valence-corrected chi connectivity index (χ3v) is 5.69. The summed E-state index contributed by atoms with van der Waals surface area (Å²) in [6.45, 7) is 11.1. The maximum Gasteiger partial charge on any atom is 0.0118 e. The highest BCUT2D eigenvalue weighted by atomic mass is 15.1. The van der Waals surface area contributed by atoms with Crippen molar-refractivity contribution in [3.8, 4) is 0 Å². The zero-order valence-corrected chi connectivity index (χ0v) is 13.5.